The second-order valence-electron chi connectivity index (χ2n) is 7.30. The van der Waals surface area contributed by atoms with Gasteiger partial charge in [-0.3, -0.25) is 14.4 Å². The van der Waals surface area contributed by atoms with Gasteiger partial charge in [0.25, 0.3) is 0 Å². The van der Waals surface area contributed by atoms with Gasteiger partial charge in [-0.15, -0.1) is 0 Å². The summed E-state index contributed by atoms with van der Waals surface area (Å²) in [6.07, 6.45) is 4.92. The molecule has 8 heteroatoms. The van der Waals surface area contributed by atoms with Crippen LogP contribution < -0.4 is 15.5 Å². The Balaban J connectivity index is 1.55. The van der Waals surface area contributed by atoms with Gasteiger partial charge in [-0.25, -0.2) is 0 Å². The number of carbonyl (C=O) groups excluding carboxylic acids is 3. The van der Waals surface area contributed by atoms with Crippen molar-refractivity contribution >= 4 is 29.1 Å². The fourth-order valence-corrected chi connectivity index (χ4v) is 3.84. The molecule has 0 radical (unpaired) electrons. The molecule has 2 aliphatic rings. The molecule has 1 aromatic rings. The molecule has 2 fully saturated rings. The number of nitrogens with one attached hydrogen (secondary N) is 2. The summed E-state index contributed by atoms with van der Waals surface area (Å²) in [6.45, 7) is 1.03. The SMILES string of the molecule is O=C(NCC1(OCCO)CCCC1)C(=O)Nc1cccc(N2CCCC2=O)c1. The second-order valence-corrected chi connectivity index (χ2v) is 7.30. The summed E-state index contributed by atoms with van der Waals surface area (Å²) >= 11 is 0. The molecule has 0 atom stereocenters. The van der Waals surface area contributed by atoms with Crippen LogP contribution in [0, 0.1) is 0 Å². The van der Waals surface area contributed by atoms with Crippen molar-refractivity contribution < 1.29 is 24.2 Å². The molecule has 152 valence electrons. The van der Waals surface area contributed by atoms with Crippen molar-refractivity contribution in [3.63, 3.8) is 0 Å². The van der Waals surface area contributed by atoms with E-state index >= 15 is 0 Å². The number of aliphatic hydroxyl groups is 1. The van der Waals surface area contributed by atoms with Crippen LogP contribution in [-0.4, -0.2) is 54.7 Å². The lowest BCUT2D eigenvalue weighted by Crippen LogP contribution is -2.46. The monoisotopic (exact) mass is 389 g/mol. The van der Waals surface area contributed by atoms with Crippen molar-refractivity contribution in [3.05, 3.63) is 24.3 Å². The fourth-order valence-electron chi connectivity index (χ4n) is 3.84. The van der Waals surface area contributed by atoms with Crippen LogP contribution in [0.1, 0.15) is 38.5 Å². The van der Waals surface area contributed by atoms with Gasteiger partial charge in [0.05, 0.1) is 18.8 Å². The first kappa shape index (κ1) is 20.3. The molecule has 1 aliphatic carbocycles. The van der Waals surface area contributed by atoms with E-state index in [2.05, 4.69) is 10.6 Å². The molecule has 1 heterocycles. The third kappa shape index (κ3) is 4.88. The Bertz CT molecular complexity index is 730. The van der Waals surface area contributed by atoms with Crippen LogP contribution in [0.5, 0.6) is 0 Å². The molecule has 1 saturated heterocycles. The van der Waals surface area contributed by atoms with Gasteiger partial charge in [-0.1, -0.05) is 18.9 Å². The molecule has 8 nitrogen and oxygen atoms in total. The Hall–Kier alpha value is -2.45. The number of anilines is 2. The van der Waals surface area contributed by atoms with Gasteiger partial charge in [0.1, 0.15) is 0 Å². The van der Waals surface area contributed by atoms with Gasteiger partial charge in [0, 0.05) is 30.9 Å². The summed E-state index contributed by atoms with van der Waals surface area (Å²) in [5.41, 5.74) is 0.668. The largest absolute Gasteiger partial charge is 0.394 e. The molecule has 28 heavy (non-hydrogen) atoms. The van der Waals surface area contributed by atoms with E-state index in [9.17, 15) is 14.4 Å². The summed E-state index contributed by atoms with van der Waals surface area (Å²) in [7, 11) is 0. The van der Waals surface area contributed by atoms with Crippen LogP contribution in [-0.2, 0) is 19.1 Å². The lowest BCUT2D eigenvalue weighted by Gasteiger charge is -2.29. The zero-order valence-corrected chi connectivity index (χ0v) is 15.9. The van der Waals surface area contributed by atoms with Crippen LogP contribution in [0.4, 0.5) is 11.4 Å². The van der Waals surface area contributed by atoms with E-state index in [1.165, 1.54) is 0 Å². The summed E-state index contributed by atoms with van der Waals surface area (Å²) < 4.78 is 5.74. The van der Waals surface area contributed by atoms with Crippen molar-refractivity contribution in [2.45, 2.75) is 44.1 Å². The molecule has 1 saturated carbocycles. The maximum absolute atomic E-state index is 12.2. The van der Waals surface area contributed by atoms with E-state index in [0.717, 1.165) is 32.1 Å². The molecular formula is C20H27N3O5. The fraction of sp³-hybridized carbons (Fsp3) is 0.550. The molecular weight excluding hydrogens is 362 g/mol. The topological polar surface area (TPSA) is 108 Å². The molecule has 0 spiro atoms. The maximum Gasteiger partial charge on any atom is 0.313 e. The molecule has 1 aromatic carbocycles. The second kappa shape index (κ2) is 9.16. The molecule has 3 amide bonds. The first-order chi connectivity index (χ1) is 13.5. The van der Waals surface area contributed by atoms with Crippen molar-refractivity contribution in [1.82, 2.24) is 5.32 Å². The molecule has 0 bridgehead atoms. The Morgan fingerprint density at radius 3 is 2.64 bits per heavy atom. The van der Waals surface area contributed by atoms with Gasteiger partial charge < -0.3 is 25.4 Å². The van der Waals surface area contributed by atoms with E-state index in [1.54, 1.807) is 29.2 Å². The summed E-state index contributed by atoms with van der Waals surface area (Å²) in [5, 5.41) is 14.2. The minimum atomic E-state index is -0.764. The normalized spacial score (nSPS) is 18.3. The zero-order valence-electron chi connectivity index (χ0n) is 15.9. The van der Waals surface area contributed by atoms with Crippen LogP contribution in [0.15, 0.2) is 24.3 Å². The van der Waals surface area contributed by atoms with Crippen LogP contribution in [0.2, 0.25) is 0 Å². The highest BCUT2D eigenvalue weighted by Crippen LogP contribution is 2.32. The number of amides is 3. The number of hydrogen-bond acceptors (Lipinski definition) is 5. The number of nitrogens with zero attached hydrogens (tertiary/aromatic N) is 1. The Kier molecular flexibility index (Phi) is 6.64. The average molecular weight is 389 g/mol. The highest BCUT2D eigenvalue weighted by Gasteiger charge is 2.35. The number of benzene rings is 1. The summed E-state index contributed by atoms with van der Waals surface area (Å²) in [4.78, 5) is 38.0. The Labute approximate surface area is 164 Å². The number of hydrogen-bond donors (Lipinski definition) is 3. The van der Waals surface area contributed by atoms with Crippen LogP contribution in [0.3, 0.4) is 0 Å². The third-order valence-corrected chi connectivity index (χ3v) is 5.28. The van der Waals surface area contributed by atoms with Crippen molar-refractivity contribution in [3.8, 4) is 0 Å². The molecule has 3 N–H and O–H groups in total. The van der Waals surface area contributed by atoms with Crippen molar-refractivity contribution in [2.24, 2.45) is 0 Å². The highest BCUT2D eigenvalue weighted by molar-refractivity contribution is 6.39. The first-order valence-electron chi connectivity index (χ1n) is 9.77. The number of rotatable bonds is 7. The van der Waals surface area contributed by atoms with E-state index in [-0.39, 0.29) is 25.7 Å². The molecule has 1 aliphatic heterocycles. The minimum Gasteiger partial charge on any atom is -0.394 e. The van der Waals surface area contributed by atoms with Gasteiger partial charge >= 0.3 is 11.8 Å². The van der Waals surface area contributed by atoms with E-state index in [0.29, 0.717) is 24.3 Å². The van der Waals surface area contributed by atoms with Crippen molar-refractivity contribution in [1.29, 1.82) is 0 Å². The van der Waals surface area contributed by atoms with Gasteiger partial charge in [-0.05, 0) is 37.5 Å². The van der Waals surface area contributed by atoms with Gasteiger partial charge in [0.2, 0.25) is 5.91 Å². The smallest absolute Gasteiger partial charge is 0.313 e. The van der Waals surface area contributed by atoms with Crippen LogP contribution >= 0.6 is 0 Å². The Morgan fingerprint density at radius 1 is 1.18 bits per heavy atom. The Morgan fingerprint density at radius 2 is 1.96 bits per heavy atom. The van der Waals surface area contributed by atoms with Crippen LogP contribution in [0.25, 0.3) is 0 Å². The number of ether oxygens (including phenoxy) is 1. The first-order valence-corrected chi connectivity index (χ1v) is 9.77. The molecule has 0 unspecified atom stereocenters. The number of carbonyl (C=O) groups is 3. The molecule has 0 aromatic heterocycles. The van der Waals surface area contributed by atoms with E-state index < -0.39 is 17.4 Å². The minimum absolute atomic E-state index is 0.0611. The van der Waals surface area contributed by atoms with E-state index in [4.69, 9.17) is 9.84 Å². The lowest BCUT2D eigenvalue weighted by molar-refractivity contribution is -0.137. The van der Waals surface area contributed by atoms with Crippen molar-refractivity contribution in [2.75, 3.05) is 36.5 Å². The predicted molar refractivity (Wildman–Crippen MR) is 104 cm³/mol. The van der Waals surface area contributed by atoms with E-state index in [1.807, 2.05) is 0 Å². The lowest BCUT2D eigenvalue weighted by atomic mass is 10.0. The van der Waals surface area contributed by atoms with Gasteiger partial charge in [0.15, 0.2) is 0 Å². The quantitative estimate of drug-likeness (QED) is 0.607. The average Bonchev–Trinajstić information content (AvgIpc) is 3.34. The predicted octanol–water partition coefficient (Wildman–Crippen LogP) is 1.19. The number of aliphatic hydroxyl groups excluding tert-OH is 1. The van der Waals surface area contributed by atoms with Gasteiger partial charge in [-0.2, -0.15) is 0 Å². The third-order valence-electron chi connectivity index (χ3n) is 5.28. The zero-order chi connectivity index (χ0) is 20.0. The molecule has 3 rings (SSSR count). The summed E-state index contributed by atoms with van der Waals surface area (Å²) in [6, 6.07) is 6.92. The standard InChI is InChI=1S/C20H27N3O5/c24-11-12-28-20(8-1-2-9-20)14-21-18(26)19(27)22-15-5-3-6-16(13-15)23-10-4-7-17(23)25/h3,5-6,13,24H,1-2,4,7-12,14H2,(H,21,26)(H,22,27). The maximum atomic E-state index is 12.2. The highest BCUT2D eigenvalue weighted by atomic mass is 16.5. The summed E-state index contributed by atoms with van der Waals surface area (Å²) in [5.74, 6) is -1.44.